The number of amides is 1. The summed E-state index contributed by atoms with van der Waals surface area (Å²) in [5.74, 6) is 1.47. The van der Waals surface area contributed by atoms with E-state index in [0.29, 0.717) is 24.4 Å². The van der Waals surface area contributed by atoms with Crippen LogP contribution >= 0.6 is 0 Å². The summed E-state index contributed by atoms with van der Waals surface area (Å²) >= 11 is 0. The molecule has 2 saturated heterocycles. The molecule has 36 heavy (non-hydrogen) atoms. The molecule has 2 aliphatic heterocycles. The van der Waals surface area contributed by atoms with Crippen LogP contribution < -0.4 is 5.32 Å². The fourth-order valence-corrected chi connectivity index (χ4v) is 5.39. The third-order valence-corrected chi connectivity index (χ3v) is 7.49. The van der Waals surface area contributed by atoms with Crippen molar-refractivity contribution in [2.24, 2.45) is 13.0 Å². The Balaban J connectivity index is 1.25. The van der Waals surface area contributed by atoms with Gasteiger partial charge in [0.15, 0.2) is 0 Å². The van der Waals surface area contributed by atoms with Gasteiger partial charge in [0.1, 0.15) is 17.8 Å². The van der Waals surface area contributed by atoms with Crippen LogP contribution in [0.2, 0.25) is 0 Å². The Labute approximate surface area is 210 Å². The van der Waals surface area contributed by atoms with E-state index in [1.54, 1.807) is 12.5 Å². The number of ether oxygens (including phenoxy) is 1. The lowest BCUT2D eigenvalue weighted by atomic mass is 9.75. The van der Waals surface area contributed by atoms with E-state index < -0.39 is 0 Å². The van der Waals surface area contributed by atoms with Gasteiger partial charge in [0.05, 0.1) is 18.8 Å². The van der Waals surface area contributed by atoms with Crippen LogP contribution in [0.25, 0.3) is 5.65 Å². The van der Waals surface area contributed by atoms with Crippen molar-refractivity contribution in [3.63, 3.8) is 0 Å². The van der Waals surface area contributed by atoms with Crippen LogP contribution in [0.3, 0.4) is 0 Å². The van der Waals surface area contributed by atoms with E-state index >= 15 is 0 Å². The van der Waals surface area contributed by atoms with Crippen LogP contribution in [0, 0.1) is 5.92 Å². The molecule has 6 rings (SSSR count). The summed E-state index contributed by atoms with van der Waals surface area (Å²) in [4.78, 5) is 20.4. The lowest BCUT2D eigenvalue weighted by molar-refractivity contribution is -0.0610. The zero-order chi connectivity index (χ0) is 24.7. The number of aryl methyl sites for hydroxylation is 1. The predicted octanol–water partition coefficient (Wildman–Crippen LogP) is 3.07. The second kappa shape index (κ2) is 9.15. The highest BCUT2D eigenvalue weighted by Gasteiger charge is 2.41. The first-order valence-electron chi connectivity index (χ1n) is 12.5. The zero-order valence-corrected chi connectivity index (χ0v) is 20.7. The van der Waals surface area contributed by atoms with Gasteiger partial charge in [-0.15, -0.1) is 10.2 Å². The minimum absolute atomic E-state index is 0.160. The topological polar surface area (TPSA) is 89.6 Å². The van der Waals surface area contributed by atoms with Crippen molar-refractivity contribution in [2.45, 2.75) is 31.7 Å². The van der Waals surface area contributed by atoms with Crippen molar-refractivity contribution in [2.75, 3.05) is 31.6 Å². The summed E-state index contributed by atoms with van der Waals surface area (Å²) in [6, 6.07) is 10.0. The molecule has 9 nitrogen and oxygen atoms in total. The number of carbonyl (C=O) groups is 1. The monoisotopic (exact) mass is 485 g/mol. The Morgan fingerprint density at radius 2 is 2.17 bits per heavy atom. The number of aromatic nitrogens is 5. The highest BCUT2D eigenvalue weighted by Crippen LogP contribution is 2.36. The van der Waals surface area contributed by atoms with Gasteiger partial charge in [-0.05, 0) is 48.2 Å². The molecule has 1 atom stereocenters. The number of anilines is 1. The second-order valence-corrected chi connectivity index (χ2v) is 10.4. The lowest BCUT2D eigenvalue weighted by Crippen LogP contribution is -2.49. The quantitative estimate of drug-likeness (QED) is 0.433. The van der Waals surface area contributed by atoms with Crippen LogP contribution in [-0.4, -0.2) is 61.3 Å². The van der Waals surface area contributed by atoms with Crippen molar-refractivity contribution in [3.05, 3.63) is 77.8 Å². The highest BCUT2D eigenvalue weighted by atomic mass is 16.5. The van der Waals surface area contributed by atoms with Crippen molar-refractivity contribution in [1.82, 2.24) is 29.0 Å². The normalized spacial score (nSPS) is 19.4. The molecule has 186 valence electrons. The first kappa shape index (κ1) is 22.9. The first-order chi connectivity index (χ1) is 17.5. The third kappa shape index (κ3) is 4.29. The molecular formula is C27H31N7O2. The van der Waals surface area contributed by atoms with Crippen LogP contribution in [0.1, 0.15) is 40.7 Å². The van der Waals surface area contributed by atoms with Gasteiger partial charge < -0.3 is 19.0 Å². The Morgan fingerprint density at radius 1 is 1.28 bits per heavy atom. The molecule has 2 fully saturated rings. The molecule has 5 heterocycles. The smallest absolute Gasteiger partial charge is 0.259 e. The number of benzene rings is 1. The van der Waals surface area contributed by atoms with Crippen LogP contribution in [-0.2, 0) is 30.2 Å². The van der Waals surface area contributed by atoms with E-state index in [4.69, 9.17) is 4.74 Å². The number of likely N-dealkylation sites (tertiary alicyclic amines) is 1. The zero-order valence-electron chi connectivity index (χ0n) is 20.7. The van der Waals surface area contributed by atoms with E-state index in [1.165, 1.54) is 6.42 Å². The maximum Gasteiger partial charge on any atom is 0.259 e. The average Bonchev–Trinajstić information content (AvgIpc) is 3.57. The second-order valence-electron chi connectivity index (χ2n) is 10.4. The molecule has 0 unspecified atom stereocenters. The number of nitrogens with one attached hydrogen (secondary N) is 1. The molecule has 2 aliphatic rings. The largest absolute Gasteiger partial charge is 0.379 e. The minimum Gasteiger partial charge on any atom is -0.379 e. The molecule has 0 radical (unpaired) electrons. The van der Waals surface area contributed by atoms with Gasteiger partial charge in [0.2, 0.25) is 0 Å². The summed E-state index contributed by atoms with van der Waals surface area (Å²) in [6.07, 6.45) is 9.38. The predicted molar refractivity (Wildman–Crippen MR) is 136 cm³/mol. The van der Waals surface area contributed by atoms with E-state index in [2.05, 4.69) is 50.7 Å². The average molecular weight is 486 g/mol. The number of carbonyl (C=O) groups excluding carboxylic acids is 1. The van der Waals surface area contributed by atoms with E-state index in [0.717, 1.165) is 54.6 Å². The van der Waals surface area contributed by atoms with Crippen molar-refractivity contribution < 1.29 is 9.53 Å². The molecule has 0 spiro atoms. The fraction of sp³-hybridized carbons (Fsp3) is 0.407. The van der Waals surface area contributed by atoms with E-state index in [1.807, 2.05) is 40.4 Å². The van der Waals surface area contributed by atoms with E-state index in [-0.39, 0.29) is 11.3 Å². The Morgan fingerprint density at radius 3 is 2.89 bits per heavy atom. The van der Waals surface area contributed by atoms with Crippen molar-refractivity contribution in [3.8, 4) is 0 Å². The van der Waals surface area contributed by atoms with E-state index in [9.17, 15) is 4.79 Å². The molecular weight excluding hydrogens is 454 g/mol. The summed E-state index contributed by atoms with van der Waals surface area (Å²) in [7, 11) is 1.95. The maximum absolute atomic E-state index is 13.5. The lowest BCUT2D eigenvalue weighted by Gasteiger charge is -2.41. The molecule has 0 aliphatic carbocycles. The first-order valence-corrected chi connectivity index (χ1v) is 12.5. The number of hydrogen-bond acceptors (Lipinski definition) is 6. The van der Waals surface area contributed by atoms with Gasteiger partial charge in [-0.2, -0.15) is 0 Å². The Bertz CT molecular complexity index is 1400. The Hall–Kier alpha value is -3.56. The number of imidazole rings is 1. The van der Waals surface area contributed by atoms with Gasteiger partial charge in [-0.1, -0.05) is 19.1 Å². The fourth-order valence-electron chi connectivity index (χ4n) is 5.39. The highest BCUT2D eigenvalue weighted by molar-refractivity contribution is 6.08. The summed E-state index contributed by atoms with van der Waals surface area (Å²) < 4.78 is 9.51. The van der Waals surface area contributed by atoms with Gasteiger partial charge in [-0.3, -0.25) is 9.69 Å². The Kier molecular flexibility index (Phi) is 5.81. The van der Waals surface area contributed by atoms with Gasteiger partial charge in [0.25, 0.3) is 5.91 Å². The molecule has 1 N–H and O–H groups in total. The van der Waals surface area contributed by atoms with Crippen molar-refractivity contribution in [1.29, 1.82) is 0 Å². The molecule has 4 aromatic rings. The molecule has 0 saturated carbocycles. The molecule has 0 bridgehead atoms. The number of rotatable bonds is 7. The molecule has 1 amide bonds. The van der Waals surface area contributed by atoms with Gasteiger partial charge >= 0.3 is 0 Å². The molecule has 3 aromatic heterocycles. The molecule has 9 heteroatoms. The van der Waals surface area contributed by atoms with Gasteiger partial charge in [0, 0.05) is 56.3 Å². The van der Waals surface area contributed by atoms with Crippen molar-refractivity contribution >= 4 is 17.2 Å². The number of nitrogens with zero attached hydrogens (tertiary/aromatic N) is 6. The summed E-state index contributed by atoms with van der Waals surface area (Å²) in [5, 5.41) is 11.4. The maximum atomic E-state index is 13.5. The minimum atomic E-state index is -0.176. The van der Waals surface area contributed by atoms with Crippen LogP contribution in [0.5, 0.6) is 0 Å². The van der Waals surface area contributed by atoms with Crippen LogP contribution in [0.4, 0.5) is 5.69 Å². The third-order valence-electron chi connectivity index (χ3n) is 7.49. The van der Waals surface area contributed by atoms with Gasteiger partial charge in [-0.25, -0.2) is 4.98 Å². The van der Waals surface area contributed by atoms with Crippen LogP contribution in [0.15, 0.2) is 55.2 Å². The number of pyridine rings is 1. The number of hydrogen-bond donors (Lipinski definition) is 1. The number of fused-ring (bicyclic) bond motifs is 1. The summed E-state index contributed by atoms with van der Waals surface area (Å²) in [5.41, 5.74) is 4.06. The molecule has 1 aromatic carbocycles. The SMILES string of the molecule is C[C@H]1CCN(Cc2cc(C(=O)Nc3cccc(C4(Cc5nncn5C)COC4)c3)c3nccn3c2)C1. The standard InChI is InChI=1S/C27H31N7O2/c1-19-6-8-33(13-19)14-20-10-23(25-28-7-9-34(25)15-20)26(35)30-22-5-3-4-21(11-22)27(16-36-17-27)12-24-31-29-18-32(24)2/h3-5,7,9-11,15,18-19H,6,8,12-14,16-17H2,1-2H3,(H,30,35)/t19-/m0/s1. The summed E-state index contributed by atoms with van der Waals surface area (Å²) in [6.45, 7) is 6.54.